The van der Waals surface area contributed by atoms with E-state index in [1.807, 2.05) is 13.8 Å². The first-order valence-electron chi connectivity index (χ1n) is 8.70. The van der Waals surface area contributed by atoms with Gasteiger partial charge in [-0.1, -0.05) is 5.92 Å². The van der Waals surface area contributed by atoms with Crippen molar-refractivity contribution in [3.05, 3.63) is 23.0 Å². The summed E-state index contributed by atoms with van der Waals surface area (Å²) in [6.45, 7) is 5.51. The van der Waals surface area contributed by atoms with Crippen LogP contribution in [0.2, 0.25) is 0 Å². The molecule has 1 saturated carbocycles. The van der Waals surface area contributed by atoms with Gasteiger partial charge in [0.15, 0.2) is 5.50 Å². The van der Waals surface area contributed by atoms with Gasteiger partial charge in [0, 0.05) is 16.6 Å². The monoisotopic (exact) mass is 377 g/mol. The molecular formula is C19H24FN3O2S. The molecule has 26 heavy (non-hydrogen) atoms. The molecule has 0 spiro atoms. The predicted molar refractivity (Wildman–Crippen MR) is 103 cm³/mol. The summed E-state index contributed by atoms with van der Waals surface area (Å²) in [6, 6.07) is 0.0216. The fraction of sp³-hybridized carbons (Fsp3) is 0.474. The molecular weight excluding hydrogens is 353 g/mol. The van der Waals surface area contributed by atoms with Crippen molar-refractivity contribution in [2.75, 3.05) is 0 Å². The molecule has 1 fully saturated rings. The summed E-state index contributed by atoms with van der Waals surface area (Å²) in [6.07, 6.45) is 3.77. The van der Waals surface area contributed by atoms with E-state index >= 15 is 4.39 Å². The lowest BCUT2D eigenvalue weighted by Crippen LogP contribution is -2.32. The van der Waals surface area contributed by atoms with Crippen LogP contribution in [0.25, 0.3) is 5.57 Å². The molecule has 140 valence electrons. The third-order valence-corrected chi connectivity index (χ3v) is 8.21. The maximum absolute atomic E-state index is 15.1. The van der Waals surface area contributed by atoms with E-state index in [9.17, 15) is 9.59 Å². The highest BCUT2D eigenvalue weighted by atomic mass is 32.2. The number of amides is 2. The molecule has 1 aromatic rings. The molecule has 2 heterocycles. The summed E-state index contributed by atoms with van der Waals surface area (Å²) in [5, 5.41) is 3.06. The zero-order chi connectivity index (χ0) is 19.0. The fourth-order valence-electron chi connectivity index (χ4n) is 3.91. The Morgan fingerprint density at radius 1 is 1.38 bits per heavy atom. The van der Waals surface area contributed by atoms with Crippen molar-refractivity contribution in [3.63, 3.8) is 0 Å². The first-order chi connectivity index (χ1) is 12.3. The lowest BCUT2D eigenvalue weighted by atomic mass is 10.1. The topological polar surface area (TPSA) is 88.0 Å². The highest BCUT2D eigenvalue weighted by molar-refractivity contribution is 8.18. The Morgan fingerprint density at radius 2 is 2.12 bits per heavy atom. The normalized spacial score (nSPS) is 28.5. The minimum Gasteiger partial charge on any atom is -0.366 e. The van der Waals surface area contributed by atoms with Gasteiger partial charge in [0.25, 0.3) is 11.8 Å². The van der Waals surface area contributed by atoms with Crippen molar-refractivity contribution in [3.8, 4) is 11.8 Å². The largest absolute Gasteiger partial charge is 0.366 e. The van der Waals surface area contributed by atoms with Crippen LogP contribution in [-0.2, 0) is 9.59 Å². The van der Waals surface area contributed by atoms with Crippen LogP contribution in [0.3, 0.4) is 0 Å². The molecule has 3 unspecified atom stereocenters. The van der Waals surface area contributed by atoms with Gasteiger partial charge in [-0.05, 0) is 62.8 Å². The zero-order valence-corrected chi connectivity index (χ0v) is 16.0. The highest BCUT2D eigenvalue weighted by Crippen LogP contribution is 2.58. The number of thiol groups is 1. The number of hydrogen-bond donors (Lipinski definition) is 4. The number of rotatable bonds is 3. The van der Waals surface area contributed by atoms with Crippen molar-refractivity contribution in [1.29, 1.82) is 0 Å². The number of hydrogen-bond acceptors (Lipinski definition) is 2. The molecule has 0 bridgehead atoms. The Hall–Kier alpha value is -2.20. The number of aromatic amines is 1. The second kappa shape index (κ2) is 7.20. The Kier molecular flexibility index (Phi) is 5.15. The van der Waals surface area contributed by atoms with E-state index in [0.29, 0.717) is 5.69 Å². The van der Waals surface area contributed by atoms with E-state index in [1.54, 1.807) is 6.92 Å². The van der Waals surface area contributed by atoms with E-state index in [2.05, 4.69) is 22.1 Å². The van der Waals surface area contributed by atoms with Gasteiger partial charge in [-0.15, -0.1) is 0 Å². The first kappa shape index (κ1) is 18.6. The maximum atomic E-state index is 15.1. The van der Waals surface area contributed by atoms with Gasteiger partial charge in [-0.25, -0.2) is 4.39 Å². The smallest absolute Gasteiger partial charge is 0.296 e. The van der Waals surface area contributed by atoms with E-state index in [-0.39, 0.29) is 22.8 Å². The van der Waals surface area contributed by atoms with Crippen LogP contribution in [0.15, 0.2) is 11.0 Å². The van der Waals surface area contributed by atoms with Crippen molar-refractivity contribution >= 4 is 28.3 Å². The molecule has 0 aromatic carbocycles. The van der Waals surface area contributed by atoms with E-state index in [1.165, 1.54) is 6.08 Å². The van der Waals surface area contributed by atoms with Gasteiger partial charge in [-0.2, -0.15) is 10.9 Å². The van der Waals surface area contributed by atoms with Crippen molar-refractivity contribution in [2.24, 2.45) is 5.73 Å². The van der Waals surface area contributed by atoms with Gasteiger partial charge < -0.3 is 16.0 Å². The van der Waals surface area contributed by atoms with Crippen LogP contribution < -0.4 is 11.1 Å². The highest BCUT2D eigenvalue weighted by Gasteiger charge is 2.40. The number of nitrogens with one attached hydrogen (secondary N) is 2. The number of aromatic nitrogens is 1. The number of H-pyrrole nitrogens is 1. The number of halogens is 1. The minimum atomic E-state index is -1.20. The Morgan fingerprint density at radius 3 is 2.77 bits per heavy atom. The first-order valence-corrected chi connectivity index (χ1v) is 10.2. The molecule has 4 N–H and O–H groups in total. The van der Waals surface area contributed by atoms with Crippen molar-refractivity contribution in [1.82, 2.24) is 10.3 Å². The Bertz CT molecular complexity index is 849. The van der Waals surface area contributed by atoms with Gasteiger partial charge in [0.1, 0.15) is 0 Å². The molecule has 1 aliphatic heterocycles. The molecule has 2 aliphatic rings. The maximum Gasteiger partial charge on any atom is 0.296 e. The lowest BCUT2D eigenvalue weighted by Gasteiger charge is -2.34. The number of aryl methyl sites for hydroxylation is 1. The summed E-state index contributed by atoms with van der Waals surface area (Å²) < 4.78 is 15.1. The second-order valence-electron chi connectivity index (χ2n) is 6.84. The molecule has 1 aromatic heterocycles. The third kappa shape index (κ3) is 3.26. The molecule has 0 saturated heterocycles. The summed E-state index contributed by atoms with van der Waals surface area (Å²) in [4.78, 5) is 27.6. The quantitative estimate of drug-likeness (QED) is 0.481. The number of alkyl halides is 1. The van der Waals surface area contributed by atoms with Crippen LogP contribution in [0, 0.1) is 25.7 Å². The summed E-state index contributed by atoms with van der Waals surface area (Å²) in [5.41, 5.74) is 7.11. The second-order valence-corrected chi connectivity index (χ2v) is 9.32. The van der Waals surface area contributed by atoms with Crippen LogP contribution in [0.1, 0.15) is 43.1 Å². The predicted octanol–water partition coefficient (Wildman–Crippen LogP) is 2.23. The Labute approximate surface area is 155 Å². The molecule has 7 heteroatoms. The van der Waals surface area contributed by atoms with Gasteiger partial charge in [0.2, 0.25) is 0 Å². The molecule has 2 amide bonds. The van der Waals surface area contributed by atoms with Gasteiger partial charge in [-0.3, -0.25) is 9.59 Å². The van der Waals surface area contributed by atoms with Crippen molar-refractivity contribution < 1.29 is 14.0 Å². The van der Waals surface area contributed by atoms with Crippen LogP contribution in [0.5, 0.6) is 0 Å². The van der Waals surface area contributed by atoms with Gasteiger partial charge in [0.05, 0.1) is 11.3 Å². The van der Waals surface area contributed by atoms with Gasteiger partial charge >= 0.3 is 0 Å². The molecule has 1 aliphatic carbocycles. The summed E-state index contributed by atoms with van der Waals surface area (Å²) in [7, 11) is -1.13. The van der Waals surface area contributed by atoms with Crippen LogP contribution in [-0.4, -0.2) is 33.6 Å². The summed E-state index contributed by atoms with van der Waals surface area (Å²) >= 11 is 0. The van der Waals surface area contributed by atoms with Crippen LogP contribution in [0.4, 0.5) is 4.39 Å². The SMILES string of the molecule is CC#CC(=O)N[C@@H]1CCC([SH]2c3c([nH]c(C)c3C)C(C(N)=O)=CC2F)C1. The third-order valence-electron chi connectivity index (χ3n) is 5.20. The van der Waals surface area contributed by atoms with Crippen LogP contribution >= 0.6 is 10.9 Å². The summed E-state index contributed by atoms with van der Waals surface area (Å²) in [5.74, 6) is 4.18. The van der Waals surface area contributed by atoms with E-state index in [0.717, 1.165) is 35.4 Å². The fourth-order valence-corrected chi connectivity index (χ4v) is 7.14. The standard InChI is InChI=1S/C19H24FN3O2S/c1-4-5-16(24)23-12-6-7-13(8-12)26-15(20)9-14(19(21)25)17-18(26)10(2)11(3)22-17/h9,12-13,15,22,26H,6-8H2,1-3H3,(H2,21,25)(H,23,24)/t12-,13?,15?/m1/s1. The Balaban J connectivity index is 1.88. The number of carbonyl (C=O) groups is 2. The molecule has 0 radical (unpaired) electrons. The zero-order valence-electron chi connectivity index (χ0n) is 15.1. The number of fused-ring (bicyclic) bond motifs is 1. The molecule has 3 rings (SSSR count). The number of primary amides is 1. The average Bonchev–Trinajstić information content (AvgIpc) is 3.13. The molecule has 5 nitrogen and oxygen atoms in total. The van der Waals surface area contributed by atoms with Crippen molar-refractivity contribution in [2.45, 2.75) is 61.7 Å². The van der Waals surface area contributed by atoms with E-state index in [4.69, 9.17) is 5.73 Å². The van der Waals surface area contributed by atoms with E-state index < -0.39 is 22.3 Å². The number of nitrogens with two attached hydrogens (primary N) is 1. The average molecular weight is 377 g/mol. The molecule has 4 atom stereocenters. The minimum absolute atomic E-state index is 0.0216. The lowest BCUT2D eigenvalue weighted by molar-refractivity contribution is -0.116. The number of carbonyl (C=O) groups excluding carboxylic acids is 2.